The quantitative estimate of drug-likeness (QED) is 0.686. The second-order valence-corrected chi connectivity index (χ2v) is 3.81. The summed E-state index contributed by atoms with van der Waals surface area (Å²) in [6.07, 6.45) is 3.38. The van der Waals surface area contributed by atoms with Crippen molar-refractivity contribution in [1.82, 2.24) is 20.1 Å². The van der Waals surface area contributed by atoms with Crippen LogP contribution in [0.1, 0.15) is 5.69 Å². The lowest BCUT2D eigenvalue weighted by atomic mass is 10.2. The third-order valence-electron chi connectivity index (χ3n) is 2.42. The van der Waals surface area contributed by atoms with Crippen LogP contribution in [0.5, 0.6) is 0 Å². The molecule has 0 radical (unpaired) electrons. The van der Waals surface area contributed by atoms with Crippen molar-refractivity contribution in [3.8, 4) is 23.0 Å². The first kappa shape index (κ1) is 10.6. The molecule has 5 nitrogen and oxygen atoms in total. The van der Waals surface area contributed by atoms with Crippen LogP contribution in [-0.2, 0) is 0 Å². The molecule has 0 amide bonds. The van der Waals surface area contributed by atoms with E-state index in [2.05, 4.69) is 20.1 Å². The number of aryl methyl sites for hydroxylation is 1. The van der Waals surface area contributed by atoms with Gasteiger partial charge < -0.3 is 4.52 Å². The van der Waals surface area contributed by atoms with Gasteiger partial charge in [0, 0.05) is 18.5 Å². The Kier molecular flexibility index (Phi) is 2.57. The van der Waals surface area contributed by atoms with Gasteiger partial charge in [0.2, 0.25) is 0 Å². The van der Waals surface area contributed by atoms with E-state index in [-0.39, 0.29) is 0 Å². The van der Waals surface area contributed by atoms with Crippen LogP contribution in [0.4, 0.5) is 0 Å². The summed E-state index contributed by atoms with van der Waals surface area (Å²) in [5, 5.41) is 3.85. The Hall–Kier alpha value is -2.56. The van der Waals surface area contributed by atoms with Crippen molar-refractivity contribution in [3.05, 3.63) is 48.4 Å². The van der Waals surface area contributed by atoms with E-state index < -0.39 is 0 Å². The molecule has 0 saturated heterocycles. The summed E-state index contributed by atoms with van der Waals surface area (Å²) in [5.41, 5.74) is 2.26. The van der Waals surface area contributed by atoms with E-state index >= 15 is 0 Å². The first-order valence-electron chi connectivity index (χ1n) is 5.51. The van der Waals surface area contributed by atoms with Gasteiger partial charge in [0.05, 0.1) is 5.69 Å². The van der Waals surface area contributed by atoms with E-state index in [0.29, 0.717) is 17.3 Å². The third kappa shape index (κ3) is 1.98. The van der Waals surface area contributed by atoms with Gasteiger partial charge in [0.1, 0.15) is 11.4 Å². The van der Waals surface area contributed by atoms with Gasteiger partial charge in [-0.2, -0.15) is 0 Å². The predicted molar refractivity (Wildman–Crippen MR) is 65.5 cm³/mol. The Balaban J connectivity index is 2.05. The van der Waals surface area contributed by atoms with Crippen molar-refractivity contribution in [1.29, 1.82) is 0 Å². The van der Waals surface area contributed by atoms with Gasteiger partial charge in [0.25, 0.3) is 0 Å². The molecule has 0 aliphatic carbocycles. The molecule has 0 bridgehead atoms. The molecular weight excluding hydrogens is 228 g/mol. The summed E-state index contributed by atoms with van der Waals surface area (Å²) in [6.45, 7) is 1.87. The van der Waals surface area contributed by atoms with Gasteiger partial charge in [-0.1, -0.05) is 11.2 Å². The minimum atomic E-state index is 0.593. The van der Waals surface area contributed by atoms with Crippen molar-refractivity contribution >= 4 is 0 Å². The fraction of sp³-hybridized carbons (Fsp3) is 0.0769. The molecule has 0 unspecified atom stereocenters. The second kappa shape index (κ2) is 4.37. The minimum absolute atomic E-state index is 0.593. The molecule has 88 valence electrons. The molecule has 0 aromatic carbocycles. The van der Waals surface area contributed by atoms with E-state index in [9.17, 15) is 0 Å². The lowest BCUT2D eigenvalue weighted by Crippen LogP contribution is -1.91. The molecule has 0 atom stereocenters. The maximum Gasteiger partial charge on any atom is 0.185 e. The molecule has 3 aromatic rings. The zero-order chi connectivity index (χ0) is 12.4. The van der Waals surface area contributed by atoms with E-state index in [0.717, 1.165) is 11.4 Å². The fourth-order valence-electron chi connectivity index (χ4n) is 1.61. The fourth-order valence-corrected chi connectivity index (χ4v) is 1.61. The number of nitrogens with zero attached hydrogens (tertiary/aromatic N) is 4. The van der Waals surface area contributed by atoms with Crippen LogP contribution < -0.4 is 0 Å². The van der Waals surface area contributed by atoms with Crippen molar-refractivity contribution in [2.75, 3.05) is 0 Å². The van der Waals surface area contributed by atoms with Crippen LogP contribution in [-0.4, -0.2) is 20.1 Å². The number of aromatic nitrogens is 4. The zero-order valence-corrected chi connectivity index (χ0v) is 9.74. The normalized spacial score (nSPS) is 10.5. The van der Waals surface area contributed by atoms with E-state index in [4.69, 9.17) is 4.52 Å². The summed E-state index contributed by atoms with van der Waals surface area (Å²) in [5.74, 6) is 1.24. The number of hydrogen-bond donors (Lipinski definition) is 0. The first-order chi connectivity index (χ1) is 8.83. The van der Waals surface area contributed by atoms with E-state index in [1.54, 1.807) is 18.5 Å². The Morgan fingerprint density at radius 2 is 1.78 bits per heavy atom. The van der Waals surface area contributed by atoms with Crippen LogP contribution in [0.2, 0.25) is 0 Å². The van der Waals surface area contributed by atoms with Crippen LogP contribution >= 0.6 is 0 Å². The Bertz CT molecular complexity index is 664. The molecule has 0 N–H and O–H groups in total. The largest absolute Gasteiger partial charge is 0.354 e. The van der Waals surface area contributed by atoms with E-state index in [1.165, 1.54) is 0 Å². The second-order valence-electron chi connectivity index (χ2n) is 3.81. The van der Waals surface area contributed by atoms with Gasteiger partial charge in [-0.05, 0) is 25.1 Å². The van der Waals surface area contributed by atoms with Crippen LogP contribution in [0.15, 0.2) is 47.2 Å². The summed E-state index contributed by atoms with van der Waals surface area (Å²) in [7, 11) is 0. The SMILES string of the molecule is Cc1cc(-c2cccc(-c3ncccn3)n2)on1. The first-order valence-corrected chi connectivity index (χ1v) is 5.51. The van der Waals surface area contributed by atoms with Gasteiger partial charge >= 0.3 is 0 Å². The van der Waals surface area contributed by atoms with Gasteiger partial charge in [-0.3, -0.25) is 0 Å². The maximum atomic E-state index is 5.19. The highest BCUT2D eigenvalue weighted by molar-refractivity contribution is 5.58. The van der Waals surface area contributed by atoms with E-state index in [1.807, 2.05) is 31.2 Å². The molecule has 0 saturated carbocycles. The van der Waals surface area contributed by atoms with Crippen molar-refractivity contribution in [3.63, 3.8) is 0 Å². The van der Waals surface area contributed by atoms with Crippen molar-refractivity contribution < 1.29 is 4.52 Å². The molecule has 3 heterocycles. The standard InChI is InChI=1S/C13H10N4O/c1-9-8-12(18-17-9)10-4-2-5-11(16-10)13-14-6-3-7-15-13/h2-8H,1H3. The van der Waals surface area contributed by atoms with Crippen molar-refractivity contribution in [2.45, 2.75) is 6.92 Å². The number of hydrogen-bond acceptors (Lipinski definition) is 5. The lowest BCUT2D eigenvalue weighted by molar-refractivity contribution is 0.426. The molecule has 0 fully saturated rings. The third-order valence-corrected chi connectivity index (χ3v) is 2.42. The summed E-state index contributed by atoms with van der Waals surface area (Å²) in [6, 6.07) is 9.24. The highest BCUT2D eigenvalue weighted by atomic mass is 16.5. The molecular formula is C13H10N4O. The van der Waals surface area contributed by atoms with Gasteiger partial charge in [0.15, 0.2) is 11.6 Å². The topological polar surface area (TPSA) is 64.7 Å². The molecule has 5 heteroatoms. The lowest BCUT2D eigenvalue weighted by Gasteiger charge is -2.00. The summed E-state index contributed by atoms with van der Waals surface area (Å²) < 4.78 is 5.19. The number of rotatable bonds is 2. The van der Waals surface area contributed by atoms with Crippen LogP contribution in [0.25, 0.3) is 23.0 Å². The van der Waals surface area contributed by atoms with Crippen LogP contribution in [0.3, 0.4) is 0 Å². The maximum absolute atomic E-state index is 5.19. The molecule has 0 aliphatic heterocycles. The number of pyridine rings is 1. The van der Waals surface area contributed by atoms with Gasteiger partial charge in [-0.25, -0.2) is 15.0 Å². The smallest absolute Gasteiger partial charge is 0.185 e. The Morgan fingerprint density at radius 1 is 1.00 bits per heavy atom. The summed E-state index contributed by atoms with van der Waals surface area (Å²) in [4.78, 5) is 12.8. The van der Waals surface area contributed by atoms with Crippen molar-refractivity contribution in [2.24, 2.45) is 0 Å². The minimum Gasteiger partial charge on any atom is -0.354 e. The molecule has 0 spiro atoms. The predicted octanol–water partition coefficient (Wildman–Crippen LogP) is 2.50. The molecule has 0 aliphatic rings. The van der Waals surface area contributed by atoms with Crippen LogP contribution in [0, 0.1) is 6.92 Å². The highest BCUT2D eigenvalue weighted by Gasteiger charge is 2.08. The Morgan fingerprint density at radius 3 is 2.50 bits per heavy atom. The summed E-state index contributed by atoms with van der Waals surface area (Å²) >= 11 is 0. The highest BCUT2D eigenvalue weighted by Crippen LogP contribution is 2.20. The average Bonchev–Trinajstić information content (AvgIpc) is 2.87. The molecule has 3 rings (SSSR count). The molecule has 18 heavy (non-hydrogen) atoms. The zero-order valence-electron chi connectivity index (χ0n) is 9.74. The molecule has 3 aromatic heterocycles. The Labute approximate surface area is 104 Å². The van der Waals surface area contributed by atoms with Gasteiger partial charge in [-0.15, -0.1) is 0 Å². The monoisotopic (exact) mass is 238 g/mol. The average molecular weight is 238 g/mol.